The van der Waals surface area contributed by atoms with Crippen LogP contribution in [-0.2, 0) is 0 Å². The van der Waals surface area contributed by atoms with Crippen LogP contribution in [0.1, 0.15) is 11.8 Å². The molecular formula is C51H34N2O2. The average molecular weight is 707 g/mol. The van der Waals surface area contributed by atoms with Crippen molar-refractivity contribution in [1.29, 1.82) is 0 Å². The predicted molar refractivity (Wildman–Crippen MR) is 228 cm³/mol. The van der Waals surface area contributed by atoms with Crippen molar-refractivity contribution >= 4 is 66.2 Å². The second kappa shape index (κ2) is 12.7. The molecular weight excluding hydrogens is 673 g/mol. The zero-order valence-electron chi connectivity index (χ0n) is 29.8. The largest absolute Gasteiger partial charge is 0.464 e. The number of hydrogen-bond acceptors (Lipinski definition) is 4. The standard InChI is InChI=1S/C51H34N2O2/c1-3-13-33(14-4-1)42-19-9-11-21-45(42)53(39-29-30-41-37(31-39)24-23-34-15-7-8-18-40(34)41)38-27-25-35(26-28-38)48-49-47(55-51(52-49)36-16-5-2-6-17-36)32-44-43-20-10-12-22-46(43)54-50(44)48/h1-32,51-52H. The number of ether oxygens (including phenoxy) is 1. The van der Waals surface area contributed by atoms with E-state index < -0.39 is 0 Å². The molecule has 1 unspecified atom stereocenters. The Morgan fingerprint density at radius 2 is 1.15 bits per heavy atom. The quantitative estimate of drug-likeness (QED) is 0.175. The fourth-order valence-electron chi connectivity index (χ4n) is 8.29. The van der Waals surface area contributed by atoms with Gasteiger partial charge in [-0.2, -0.15) is 0 Å². The van der Waals surface area contributed by atoms with E-state index in [0.29, 0.717) is 0 Å². The molecule has 0 amide bonds. The molecule has 1 aromatic heterocycles. The second-order valence-electron chi connectivity index (χ2n) is 14.1. The molecule has 4 heteroatoms. The fraction of sp³-hybridized carbons (Fsp3) is 0.0196. The third-order valence-electron chi connectivity index (χ3n) is 10.9. The summed E-state index contributed by atoms with van der Waals surface area (Å²) in [5, 5.41) is 10.7. The van der Waals surface area contributed by atoms with Crippen molar-refractivity contribution in [2.75, 3.05) is 10.2 Å². The zero-order valence-corrected chi connectivity index (χ0v) is 29.8. The third-order valence-corrected chi connectivity index (χ3v) is 10.9. The number of fused-ring (bicyclic) bond motifs is 7. The minimum absolute atomic E-state index is 0.304. The maximum Gasteiger partial charge on any atom is 0.196 e. The summed E-state index contributed by atoms with van der Waals surface area (Å²) in [5.74, 6) is 0.814. The summed E-state index contributed by atoms with van der Waals surface area (Å²) in [5.41, 5.74) is 11.3. The molecule has 2 heterocycles. The summed E-state index contributed by atoms with van der Waals surface area (Å²) in [6.07, 6.45) is -0.304. The van der Waals surface area contributed by atoms with E-state index in [9.17, 15) is 0 Å². The lowest BCUT2D eigenvalue weighted by Gasteiger charge is -2.28. The molecule has 1 atom stereocenters. The first-order valence-electron chi connectivity index (χ1n) is 18.7. The van der Waals surface area contributed by atoms with E-state index >= 15 is 0 Å². The molecule has 0 bridgehead atoms. The van der Waals surface area contributed by atoms with Gasteiger partial charge in [-0.05, 0) is 75.1 Å². The molecule has 1 aliphatic heterocycles. The highest BCUT2D eigenvalue weighted by Gasteiger charge is 2.30. The van der Waals surface area contributed by atoms with Crippen molar-refractivity contribution < 1.29 is 9.15 Å². The lowest BCUT2D eigenvalue weighted by Crippen LogP contribution is -2.11. The van der Waals surface area contributed by atoms with Gasteiger partial charge in [0, 0.05) is 33.3 Å². The van der Waals surface area contributed by atoms with Gasteiger partial charge in [-0.3, -0.25) is 0 Å². The Hall–Kier alpha value is -7.30. The maximum atomic E-state index is 6.65. The summed E-state index contributed by atoms with van der Waals surface area (Å²) in [7, 11) is 0. The number of furan rings is 1. The Morgan fingerprint density at radius 3 is 2.00 bits per heavy atom. The monoisotopic (exact) mass is 706 g/mol. The summed E-state index contributed by atoms with van der Waals surface area (Å²) < 4.78 is 13.3. The van der Waals surface area contributed by atoms with Crippen LogP contribution in [0.25, 0.3) is 65.7 Å². The molecule has 1 N–H and O–H groups in total. The molecule has 0 saturated heterocycles. The fourth-order valence-corrected chi connectivity index (χ4v) is 8.29. The Bertz CT molecular complexity index is 3040. The number of para-hydroxylation sites is 2. The van der Waals surface area contributed by atoms with E-state index in [4.69, 9.17) is 9.15 Å². The molecule has 0 radical (unpaired) electrons. The minimum Gasteiger partial charge on any atom is -0.464 e. The first kappa shape index (κ1) is 31.2. The van der Waals surface area contributed by atoms with Gasteiger partial charge in [-0.25, -0.2) is 0 Å². The molecule has 4 nitrogen and oxygen atoms in total. The van der Waals surface area contributed by atoms with E-state index in [1.54, 1.807) is 0 Å². The third kappa shape index (κ3) is 5.22. The molecule has 11 rings (SSSR count). The molecule has 10 aromatic rings. The molecule has 9 aromatic carbocycles. The molecule has 0 aliphatic carbocycles. The topological polar surface area (TPSA) is 37.6 Å². The van der Waals surface area contributed by atoms with Gasteiger partial charge < -0.3 is 19.4 Å². The van der Waals surface area contributed by atoms with E-state index in [1.165, 1.54) is 21.5 Å². The summed E-state index contributed by atoms with van der Waals surface area (Å²) in [6.45, 7) is 0. The van der Waals surface area contributed by atoms with Gasteiger partial charge in [0.2, 0.25) is 0 Å². The van der Waals surface area contributed by atoms with Gasteiger partial charge in [0.15, 0.2) is 6.23 Å². The van der Waals surface area contributed by atoms with Crippen LogP contribution in [0.15, 0.2) is 199 Å². The van der Waals surface area contributed by atoms with Gasteiger partial charge in [0.25, 0.3) is 0 Å². The van der Waals surface area contributed by atoms with Crippen molar-refractivity contribution in [2.45, 2.75) is 6.23 Å². The first-order valence-corrected chi connectivity index (χ1v) is 18.7. The maximum absolute atomic E-state index is 6.65. The summed E-state index contributed by atoms with van der Waals surface area (Å²) >= 11 is 0. The van der Waals surface area contributed by atoms with Crippen LogP contribution in [0, 0.1) is 0 Å². The lowest BCUT2D eigenvalue weighted by atomic mass is 9.98. The summed E-state index contributed by atoms with van der Waals surface area (Å²) in [6, 6.07) is 68.7. The van der Waals surface area contributed by atoms with Gasteiger partial charge in [0.1, 0.15) is 16.9 Å². The Labute approximate surface area is 318 Å². The van der Waals surface area contributed by atoms with E-state index in [2.05, 4.69) is 174 Å². The van der Waals surface area contributed by atoms with Gasteiger partial charge in [0.05, 0.1) is 16.9 Å². The smallest absolute Gasteiger partial charge is 0.196 e. The van der Waals surface area contributed by atoms with Crippen molar-refractivity contribution in [3.63, 3.8) is 0 Å². The zero-order chi connectivity index (χ0) is 36.3. The van der Waals surface area contributed by atoms with Crippen molar-refractivity contribution in [2.24, 2.45) is 0 Å². The highest BCUT2D eigenvalue weighted by Crippen LogP contribution is 2.51. The lowest BCUT2D eigenvalue weighted by molar-refractivity contribution is 0.260. The van der Waals surface area contributed by atoms with Crippen LogP contribution in [0.3, 0.4) is 0 Å². The number of nitrogens with one attached hydrogen (secondary N) is 1. The highest BCUT2D eigenvalue weighted by molar-refractivity contribution is 6.14. The Morgan fingerprint density at radius 1 is 0.473 bits per heavy atom. The number of hydrogen-bond donors (Lipinski definition) is 1. The number of anilines is 4. The van der Waals surface area contributed by atoms with Crippen molar-refractivity contribution in [3.8, 4) is 28.0 Å². The molecule has 0 fully saturated rings. The van der Waals surface area contributed by atoms with Crippen LogP contribution < -0.4 is 15.0 Å². The van der Waals surface area contributed by atoms with Crippen molar-refractivity contribution in [3.05, 3.63) is 200 Å². The van der Waals surface area contributed by atoms with Gasteiger partial charge >= 0.3 is 0 Å². The van der Waals surface area contributed by atoms with E-state index in [1.807, 2.05) is 30.3 Å². The first-order chi connectivity index (χ1) is 27.3. The normalized spacial score (nSPS) is 13.6. The van der Waals surface area contributed by atoms with Gasteiger partial charge in [-0.15, -0.1) is 0 Å². The van der Waals surface area contributed by atoms with Crippen LogP contribution in [0.5, 0.6) is 5.75 Å². The van der Waals surface area contributed by atoms with E-state index in [0.717, 1.165) is 78.3 Å². The van der Waals surface area contributed by atoms with Crippen molar-refractivity contribution in [1.82, 2.24) is 0 Å². The highest BCUT2D eigenvalue weighted by atomic mass is 16.5. The van der Waals surface area contributed by atoms with E-state index in [-0.39, 0.29) is 6.23 Å². The Kier molecular flexibility index (Phi) is 7.20. The summed E-state index contributed by atoms with van der Waals surface area (Å²) in [4.78, 5) is 2.37. The van der Waals surface area contributed by atoms with Crippen LogP contribution >= 0.6 is 0 Å². The Balaban J connectivity index is 1.09. The molecule has 0 spiro atoms. The number of rotatable bonds is 6. The second-order valence-corrected chi connectivity index (χ2v) is 14.1. The predicted octanol–water partition coefficient (Wildman–Crippen LogP) is 14.2. The molecule has 1 aliphatic rings. The number of benzene rings is 9. The molecule has 260 valence electrons. The van der Waals surface area contributed by atoms with Crippen LogP contribution in [-0.4, -0.2) is 0 Å². The SMILES string of the molecule is c1ccc(-c2ccccc2N(c2ccc(-c3c4c(cc5c3oc3ccccc35)OC(c3ccccc3)N4)cc2)c2ccc3c(ccc4ccccc43)c2)cc1. The van der Waals surface area contributed by atoms with Gasteiger partial charge in [-0.1, -0.05) is 152 Å². The number of nitrogens with zero attached hydrogens (tertiary/aromatic N) is 1. The molecule has 0 saturated carbocycles. The van der Waals surface area contributed by atoms with Crippen LogP contribution in [0.2, 0.25) is 0 Å². The minimum atomic E-state index is -0.304. The van der Waals surface area contributed by atoms with Crippen LogP contribution in [0.4, 0.5) is 22.7 Å². The average Bonchev–Trinajstić information content (AvgIpc) is 3.85. The molecule has 55 heavy (non-hydrogen) atoms.